The maximum atomic E-state index is 13.3. The highest BCUT2D eigenvalue weighted by Crippen LogP contribution is 2.30. The summed E-state index contributed by atoms with van der Waals surface area (Å²) >= 11 is 0. The highest BCUT2D eigenvalue weighted by atomic mass is 19.4. The Morgan fingerprint density at radius 3 is 2.58 bits per heavy atom. The van der Waals surface area contributed by atoms with E-state index in [1.165, 1.54) is 17.2 Å². The van der Waals surface area contributed by atoms with E-state index < -0.39 is 43.2 Å². The van der Waals surface area contributed by atoms with Crippen molar-refractivity contribution >= 4 is 17.4 Å². The molecular weight excluding hydrogens is 442 g/mol. The lowest BCUT2D eigenvalue weighted by molar-refractivity contribution is -0.224. The Kier molecular flexibility index (Phi) is 6.23. The molecule has 1 N–H and O–H groups in total. The Morgan fingerprint density at radius 1 is 1.15 bits per heavy atom. The number of aryl methyl sites for hydroxylation is 1. The van der Waals surface area contributed by atoms with E-state index in [0.717, 1.165) is 18.0 Å². The van der Waals surface area contributed by atoms with Crippen LogP contribution in [0.15, 0.2) is 55.0 Å². The Morgan fingerprint density at radius 2 is 1.91 bits per heavy atom. The maximum Gasteiger partial charge on any atom is 0.416 e. The molecule has 2 atom stereocenters. The lowest BCUT2D eigenvalue weighted by atomic mass is 10.1. The molecule has 1 amide bonds. The molecule has 0 unspecified atom stereocenters. The molecule has 33 heavy (non-hydrogen) atoms. The van der Waals surface area contributed by atoms with Crippen molar-refractivity contribution in [1.82, 2.24) is 15.0 Å². The number of nitrogens with one attached hydrogen (secondary N) is 1. The molecule has 1 aliphatic rings. The molecule has 1 aliphatic heterocycles. The predicted octanol–water partition coefficient (Wildman–Crippen LogP) is 3.76. The second-order valence-electron chi connectivity index (χ2n) is 7.46. The van der Waals surface area contributed by atoms with Gasteiger partial charge in [-0.1, -0.05) is 12.1 Å². The highest BCUT2D eigenvalue weighted by molar-refractivity contribution is 5.97. The third-order valence-corrected chi connectivity index (χ3v) is 5.17. The first-order chi connectivity index (χ1) is 15.7. The van der Waals surface area contributed by atoms with E-state index >= 15 is 0 Å². The van der Waals surface area contributed by atoms with E-state index in [1.54, 1.807) is 30.3 Å². The van der Waals surface area contributed by atoms with Gasteiger partial charge in [0.1, 0.15) is 11.9 Å². The van der Waals surface area contributed by atoms with Gasteiger partial charge in [0.25, 0.3) is 0 Å². The number of carbonyl (C=O) groups excluding carboxylic acids is 1. The van der Waals surface area contributed by atoms with Crippen LogP contribution in [0.2, 0.25) is 0 Å². The second-order valence-corrected chi connectivity index (χ2v) is 7.46. The van der Waals surface area contributed by atoms with Crippen LogP contribution in [-0.4, -0.2) is 52.3 Å². The lowest BCUT2D eigenvalue weighted by Gasteiger charge is -2.39. The average Bonchev–Trinajstić information content (AvgIpc) is 2.80. The largest absolute Gasteiger partial charge is 0.416 e. The summed E-state index contributed by atoms with van der Waals surface area (Å²) in [5.41, 5.74) is 1.75. The summed E-state index contributed by atoms with van der Waals surface area (Å²) in [4.78, 5) is 26.4. The van der Waals surface area contributed by atoms with E-state index in [2.05, 4.69) is 20.3 Å². The van der Waals surface area contributed by atoms with Crippen molar-refractivity contribution in [1.29, 1.82) is 0 Å². The summed E-state index contributed by atoms with van der Waals surface area (Å²) in [6.07, 6.45) is -3.10. The third-order valence-electron chi connectivity index (χ3n) is 5.17. The molecule has 7 nitrogen and oxygen atoms in total. The van der Waals surface area contributed by atoms with Gasteiger partial charge in [-0.2, -0.15) is 13.2 Å². The molecule has 0 aliphatic carbocycles. The number of benzene rings is 1. The number of aromatic nitrogens is 3. The minimum atomic E-state index is -4.57. The number of amides is 1. The van der Waals surface area contributed by atoms with E-state index in [-0.39, 0.29) is 11.6 Å². The molecule has 0 bridgehead atoms. The fourth-order valence-electron chi connectivity index (χ4n) is 3.47. The number of hydrogen-bond donors (Lipinski definition) is 1. The van der Waals surface area contributed by atoms with Gasteiger partial charge in [0, 0.05) is 17.4 Å². The summed E-state index contributed by atoms with van der Waals surface area (Å²) < 4.78 is 57.9. The summed E-state index contributed by atoms with van der Waals surface area (Å²) in [6.45, 7) is 0.774. The number of halogens is 4. The van der Waals surface area contributed by atoms with Crippen LogP contribution in [0.25, 0.3) is 11.4 Å². The molecule has 3 aromatic rings. The zero-order chi connectivity index (χ0) is 23.6. The van der Waals surface area contributed by atoms with Gasteiger partial charge in [-0.3, -0.25) is 4.79 Å². The van der Waals surface area contributed by atoms with Gasteiger partial charge < -0.3 is 15.0 Å². The summed E-state index contributed by atoms with van der Waals surface area (Å²) in [6, 6.07) is 8.75. The van der Waals surface area contributed by atoms with Gasteiger partial charge in [0.05, 0.1) is 25.5 Å². The molecular formula is C22H19F4N5O2. The molecule has 2 aromatic heterocycles. The standard InChI is InChI=1S/C22H19F4N5O2/c1-13-5-6-15(8-16(13)20-28-9-14(23)10-29-20)30-21(32)17-12-33-18(22(24,25)26)11-31(17)19-4-2-3-7-27-19/h2-10,17-18H,11-12H2,1H3,(H,30,32)/t17-,18+/m0/s1. The Bertz CT molecular complexity index is 1130. The van der Waals surface area contributed by atoms with Crippen LogP contribution < -0.4 is 10.2 Å². The third kappa shape index (κ3) is 5.08. The number of ether oxygens (including phenoxy) is 1. The van der Waals surface area contributed by atoms with Gasteiger partial charge in [0.2, 0.25) is 5.91 Å². The van der Waals surface area contributed by atoms with E-state index in [1.807, 2.05) is 6.92 Å². The highest BCUT2D eigenvalue weighted by Gasteiger charge is 2.47. The van der Waals surface area contributed by atoms with E-state index in [0.29, 0.717) is 11.3 Å². The van der Waals surface area contributed by atoms with Crippen molar-refractivity contribution in [2.24, 2.45) is 0 Å². The van der Waals surface area contributed by atoms with Crippen LogP contribution in [0.1, 0.15) is 5.56 Å². The zero-order valence-electron chi connectivity index (χ0n) is 17.4. The number of nitrogens with zero attached hydrogens (tertiary/aromatic N) is 4. The fourth-order valence-corrected chi connectivity index (χ4v) is 3.47. The SMILES string of the molecule is Cc1ccc(NC(=O)[C@@H]2CO[C@@H](C(F)(F)F)CN2c2ccccn2)cc1-c1ncc(F)cn1. The number of pyridine rings is 1. The second kappa shape index (κ2) is 9.10. The van der Waals surface area contributed by atoms with Gasteiger partial charge in [-0.25, -0.2) is 19.3 Å². The molecule has 1 aromatic carbocycles. The quantitative estimate of drug-likeness (QED) is 0.596. The molecule has 0 saturated carbocycles. The first kappa shape index (κ1) is 22.6. The van der Waals surface area contributed by atoms with Gasteiger partial charge in [0.15, 0.2) is 17.7 Å². The number of rotatable bonds is 4. The van der Waals surface area contributed by atoms with Crippen LogP contribution >= 0.6 is 0 Å². The molecule has 1 saturated heterocycles. The monoisotopic (exact) mass is 461 g/mol. The Labute approximate surface area is 186 Å². The van der Waals surface area contributed by atoms with Crippen molar-refractivity contribution in [3.05, 3.63) is 66.4 Å². The number of anilines is 2. The van der Waals surface area contributed by atoms with Crippen LogP contribution in [0.5, 0.6) is 0 Å². The first-order valence-electron chi connectivity index (χ1n) is 9.98. The minimum Gasteiger partial charge on any atom is -0.364 e. The molecule has 1 fully saturated rings. The molecule has 4 rings (SSSR count). The van der Waals surface area contributed by atoms with Gasteiger partial charge in [-0.05, 0) is 36.8 Å². The van der Waals surface area contributed by atoms with Gasteiger partial charge in [-0.15, -0.1) is 0 Å². The van der Waals surface area contributed by atoms with Crippen LogP contribution in [-0.2, 0) is 9.53 Å². The predicted molar refractivity (Wildman–Crippen MR) is 112 cm³/mol. The Balaban J connectivity index is 1.58. The zero-order valence-corrected chi connectivity index (χ0v) is 17.4. The maximum absolute atomic E-state index is 13.3. The summed E-state index contributed by atoms with van der Waals surface area (Å²) in [7, 11) is 0. The van der Waals surface area contributed by atoms with Crippen molar-refractivity contribution in [2.45, 2.75) is 25.2 Å². The van der Waals surface area contributed by atoms with Crippen molar-refractivity contribution in [3.63, 3.8) is 0 Å². The van der Waals surface area contributed by atoms with Crippen molar-refractivity contribution in [3.8, 4) is 11.4 Å². The van der Waals surface area contributed by atoms with E-state index in [9.17, 15) is 22.4 Å². The molecule has 0 spiro atoms. The first-order valence-corrected chi connectivity index (χ1v) is 9.98. The number of hydrogen-bond acceptors (Lipinski definition) is 6. The molecule has 3 heterocycles. The Hall–Kier alpha value is -3.60. The topological polar surface area (TPSA) is 80.2 Å². The van der Waals surface area contributed by atoms with Crippen molar-refractivity contribution < 1.29 is 27.1 Å². The summed E-state index contributed by atoms with van der Waals surface area (Å²) in [5.74, 6) is -0.630. The number of carbonyl (C=O) groups is 1. The molecule has 0 radical (unpaired) electrons. The van der Waals surface area contributed by atoms with Crippen LogP contribution in [0.3, 0.4) is 0 Å². The van der Waals surface area contributed by atoms with Crippen LogP contribution in [0, 0.1) is 12.7 Å². The van der Waals surface area contributed by atoms with Crippen molar-refractivity contribution in [2.75, 3.05) is 23.4 Å². The minimum absolute atomic E-state index is 0.236. The normalized spacial score (nSPS) is 18.8. The number of morpholine rings is 1. The van der Waals surface area contributed by atoms with Gasteiger partial charge >= 0.3 is 6.18 Å². The molecule has 11 heteroatoms. The summed E-state index contributed by atoms with van der Waals surface area (Å²) in [5, 5.41) is 2.71. The van der Waals surface area contributed by atoms with Crippen LogP contribution in [0.4, 0.5) is 29.1 Å². The van der Waals surface area contributed by atoms with E-state index in [4.69, 9.17) is 4.74 Å². The molecule has 172 valence electrons. The fraction of sp³-hybridized carbons (Fsp3) is 0.273. The smallest absolute Gasteiger partial charge is 0.364 e. The number of alkyl halides is 3. The average molecular weight is 461 g/mol. The lowest BCUT2D eigenvalue weighted by Crippen LogP contribution is -2.58.